The van der Waals surface area contributed by atoms with Gasteiger partial charge in [-0.1, -0.05) is 80.4 Å². The molecule has 102 heavy (non-hydrogen) atoms. The summed E-state index contributed by atoms with van der Waals surface area (Å²) in [5.41, 5.74) is 3.26. The first kappa shape index (κ1) is 74.8. The molecule has 5 aromatic carbocycles. The van der Waals surface area contributed by atoms with Crippen molar-refractivity contribution in [3.8, 4) is 46.0 Å². The van der Waals surface area contributed by atoms with Crippen LogP contribution in [0.15, 0.2) is 117 Å². The van der Waals surface area contributed by atoms with E-state index in [2.05, 4.69) is 33.8 Å². The topological polar surface area (TPSA) is 257 Å². The van der Waals surface area contributed by atoms with Crippen LogP contribution in [-0.4, -0.2) is 122 Å². The first-order valence-corrected chi connectivity index (χ1v) is 36.0. The number of nitrogens with zero attached hydrogens (tertiary/aromatic N) is 8. The largest absolute Gasteiger partial charge is 0.508 e. The predicted molar refractivity (Wildman–Crippen MR) is 381 cm³/mol. The quantitative estimate of drug-likeness (QED) is 0.0303. The number of unbranched alkanes of at least 4 members (excludes halogenated alkanes) is 13. The molecule has 0 fully saturated rings. The first-order valence-electron chi connectivity index (χ1n) is 36.0. The summed E-state index contributed by atoms with van der Waals surface area (Å²) >= 11 is 0. The van der Waals surface area contributed by atoms with Crippen LogP contribution in [-0.2, 0) is 73.0 Å². The van der Waals surface area contributed by atoms with E-state index in [1.165, 1.54) is 44.6 Å². The lowest BCUT2D eigenvalue weighted by Gasteiger charge is -2.26. The molecule has 0 unspecified atom stereocenters. The normalized spacial score (nSPS) is 15.3. The van der Waals surface area contributed by atoms with E-state index in [1.807, 2.05) is 24.5 Å². The van der Waals surface area contributed by atoms with E-state index in [4.69, 9.17) is 42.6 Å². The molecule has 1 N–H and O–H groups in total. The van der Waals surface area contributed by atoms with Gasteiger partial charge in [0.25, 0.3) is 5.91 Å². The maximum atomic E-state index is 16.1. The number of amides is 2. The summed E-state index contributed by atoms with van der Waals surface area (Å²) in [4.78, 5) is 81.0. The third kappa shape index (κ3) is 21.8. The Labute approximate surface area is 597 Å². The van der Waals surface area contributed by atoms with E-state index >= 15 is 24.0 Å². The Kier molecular flexibility index (Phi) is 28.5. The predicted octanol–water partition coefficient (Wildman–Crippen LogP) is 14.2. The number of phenols is 1. The van der Waals surface area contributed by atoms with Crippen LogP contribution < -0.4 is 33.2 Å². The van der Waals surface area contributed by atoms with Crippen molar-refractivity contribution >= 4 is 29.7 Å². The van der Waals surface area contributed by atoms with Crippen LogP contribution in [0.1, 0.15) is 209 Å². The lowest BCUT2D eigenvalue weighted by atomic mass is 10.0. The van der Waals surface area contributed by atoms with E-state index < -0.39 is 23.8 Å². The summed E-state index contributed by atoms with van der Waals surface area (Å²) in [5, 5.41) is 29.0. The Hall–Kier alpha value is -9.87. The van der Waals surface area contributed by atoms with Gasteiger partial charge < -0.3 is 57.5 Å². The van der Waals surface area contributed by atoms with Crippen molar-refractivity contribution < 1.29 is 71.7 Å². The number of rotatable bonds is 21. The fraction of sp³-hybridized carbons (Fsp3) is 0.456. The Morgan fingerprint density at radius 2 is 1.04 bits per heavy atom. The van der Waals surface area contributed by atoms with Crippen LogP contribution in [0.5, 0.6) is 46.0 Å². The van der Waals surface area contributed by atoms with Gasteiger partial charge in [-0.05, 0) is 137 Å². The average molecular weight is 1400 g/mol. The van der Waals surface area contributed by atoms with Crippen LogP contribution in [0.25, 0.3) is 0 Å². The molecule has 23 heteroatoms. The minimum atomic E-state index is -0.892. The van der Waals surface area contributed by atoms with Gasteiger partial charge in [0.1, 0.15) is 57.1 Å². The number of carbonyl (C=O) groups excluding carboxylic acids is 5. The molecule has 4 aliphatic heterocycles. The number of aromatic hydroxyl groups is 1. The Bertz CT molecular complexity index is 3930. The second kappa shape index (κ2) is 38.8. The number of hydrogen-bond acceptors (Lipinski definition) is 19. The van der Waals surface area contributed by atoms with Crippen LogP contribution in [0, 0.1) is 0 Å². The number of aryl methyl sites for hydroxylation is 4. The zero-order valence-electron chi connectivity index (χ0n) is 59.0. The highest BCUT2D eigenvalue weighted by Crippen LogP contribution is 2.37. The zero-order valence-corrected chi connectivity index (χ0v) is 59.0. The van der Waals surface area contributed by atoms with Gasteiger partial charge in [0.2, 0.25) is 5.91 Å². The van der Waals surface area contributed by atoms with Gasteiger partial charge in [0.05, 0.1) is 57.6 Å². The number of phenolic OH excluding ortho intramolecular Hbond substituents is 1. The van der Waals surface area contributed by atoms with Gasteiger partial charge in [-0.3, -0.25) is 19.0 Å². The Balaban J connectivity index is 1.18. The number of carbonyl (C=O) groups is 5. The van der Waals surface area contributed by atoms with Crippen molar-refractivity contribution in [2.75, 3.05) is 47.2 Å². The van der Waals surface area contributed by atoms with Gasteiger partial charge >= 0.3 is 17.9 Å². The molecule has 0 saturated carbocycles. The van der Waals surface area contributed by atoms with Crippen molar-refractivity contribution in [1.82, 2.24) is 39.8 Å². The number of hydrogen-bond donors (Lipinski definition) is 1. The van der Waals surface area contributed by atoms with Crippen LogP contribution >= 0.6 is 0 Å². The first-order chi connectivity index (χ1) is 49.8. The molecule has 23 nitrogen and oxygen atoms in total. The van der Waals surface area contributed by atoms with Crippen molar-refractivity contribution in [1.29, 1.82) is 0 Å². The van der Waals surface area contributed by atoms with Gasteiger partial charge in [0.15, 0.2) is 0 Å². The van der Waals surface area contributed by atoms with E-state index in [0.717, 1.165) is 83.5 Å². The zero-order chi connectivity index (χ0) is 71.4. The second-order valence-electron chi connectivity index (χ2n) is 26.1. The van der Waals surface area contributed by atoms with Gasteiger partial charge in [-0.15, -0.1) is 23.4 Å². The smallest absolute Gasteiger partial charge is 0.347 e. The highest BCUT2D eigenvalue weighted by molar-refractivity contribution is 6.01. The highest BCUT2D eigenvalue weighted by atomic mass is 16.6. The number of allylic oxidation sites excluding steroid dienone is 2. The monoisotopic (exact) mass is 1400 g/mol. The van der Waals surface area contributed by atoms with Crippen molar-refractivity contribution in [3.63, 3.8) is 0 Å². The molecule has 542 valence electrons. The number of fused-ring (bicyclic) bond motifs is 5. The molecular weight excluding hydrogens is 1300 g/mol. The summed E-state index contributed by atoms with van der Waals surface area (Å²) in [6.07, 6.45) is 24.4. The molecule has 7 aromatic rings. The molecule has 0 radical (unpaired) electrons. The molecule has 2 aromatic heterocycles. The van der Waals surface area contributed by atoms with Gasteiger partial charge in [-0.25, -0.2) is 14.4 Å². The minimum Gasteiger partial charge on any atom is -0.508 e. The molecule has 4 aliphatic rings. The molecule has 0 spiro atoms. The van der Waals surface area contributed by atoms with Gasteiger partial charge in [-0.2, -0.15) is 0 Å². The number of benzene rings is 5. The SMILES string of the molecule is C=CCCCCCCCCCN1Cc2ccc(OC)cc2OC(=O)c2cc3c4cc2OCCCn2cc(nn2)CCCOCc2cc(O)cc(c2OC(=O)c2cc(cc(c2)C1=O)CN(C(=O)CCCCCCCCC=C)Cc1ccc(OC)cc1OC4=O)COCCCc1cn(nn1)CCCO3. The summed E-state index contributed by atoms with van der Waals surface area (Å²) in [7, 11) is 2.98. The standard InChI is InChI=1S/C79H96N8O15/c1-5-7-9-11-13-15-17-19-21-33-84-50-57-29-31-66(94-3)45-70(57)100-78(92)68-47-73-69-48-72(68)98-38-24-34-86-52-63(80-82-86)26-22-36-96-54-61-43-65(88)44-62(55-97-37-23-27-64-53-87(83-81-64)35-25-39-99-73)75(61)102-77(91)60-41-56(40-59(42-60)76(84)90)49-85(74(89)28-20-18-16-14-12-10-8-6-2)51-58-30-32-67(95-4)46-71(58)101-79(69)93/h5-6,29-32,40-48,52-53,88H,1-2,7-28,33-39,49-51,54-55H2,3-4H3. The molecule has 12 bridgehead atoms. The molecule has 0 aliphatic carbocycles. The number of ether oxygens (including phenoxy) is 9. The maximum Gasteiger partial charge on any atom is 0.347 e. The molecule has 2 amide bonds. The fourth-order valence-electron chi connectivity index (χ4n) is 12.7. The summed E-state index contributed by atoms with van der Waals surface area (Å²) < 4.78 is 60.2. The summed E-state index contributed by atoms with van der Waals surface area (Å²) in [5.74, 6) is -2.61. The fourth-order valence-corrected chi connectivity index (χ4v) is 12.7. The highest BCUT2D eigenvalue weighted by Gasteiger charge is 2.30. The summed E-state index contributed by atoms with van der Waals surface area (Å²) in [6, 6.07) is 20.6. The maximum absolute atomic E-state index is 16.1. The molecule has 6 heterocycles. The lowest BCUT2D eigenvalue weighted by molar-refractivity contribution is -0.132. The van der Waals surface area contributed by atoms with Crippen molar-refractivity contribution in [2.24, 2.45) is 0 Å². The summed E-state index contributed by atoms with van der Waals surface area (Å²) in [6.45, 7) is 8.78. The third-order valence-corrected chi connectivity index (χ3v) is 18.2. The van der Waals surface area contributed by atoms with E-state index in [0.29, 0.717) is 115 Å². The van der Waals surface area contributed by atoms with Crippen LogP contribution in [0.2, 0.25) is 0 Å². The van der Waals surface area contributed by atoms with Crippen LogP contribution in [0.3, 0.4) is 0 Å². The van der Waals surface area contributed by atoms with E-state index in [1.54, 1.807) is 67.7 Å². The van der Waals surface area contributed by atoms with Crippen molar-refractivity contribution in [3.05, 3.63) is 178 Å². The Morgan fingerprint density at radius 3 is 1.58 bits per heavy atom. The van der Waals surface area contributed by atoms with Crippen LogP contribution in [0.4, 0.5) is 0 Å². The van der Waals surface area contributed by atoms with Gasteiger partial charge in [0, 0.05) is 124 Å². The molecule has 0 saturated heterocycles. The number of methoxy groups -OCH3 is 2. The molecule has 11 rings (SSSR count). The minimum absolute atomic E-state index is 0.0247. The average Bonchev–Trinajstić information content (AvgIpc) is 1.56. The molecule has 0 atom stereocenters. The third-order valence-electron chi connectivity index (χ3n) is 18.2. The lowest BCUT2D eigenvalue weighted by Crippen LogP contribution is -2.33. The molecular formula is C79H96N8O15. The Morgan fingerprint density at radius 1 is 0.529 bits per heavy atom. The number of aromatic nitrogens is 6. The van der Waals surface area contributed by atoms with E-state index in [-0.39, 0.29) is 135 Å². The second-order valence-corrected chi connectivity index (χ2v) is 26.1. The van der Waals surface area contributed by atoms with E-state index in [9.17, 15) is 5.11 Å². The van der Waals surface area contributed by atoms with Crippen molar-refractivity contribution in [2.45, 2.75) is 187 Å². The number of esters is 3.